The molecular weight excluding hydrogens is 424 g/mol. The highest BCUT2D eigenvalue weighted by Crippen LogP contribution is 2.31. The van der Waals surface area contributed by atoms with Crippen LogP contribution in [0.1, 0.15) is 29.4 Å². The SMILES string of the molecule is COC(=O)c1cnc(Cl)cc1O[C@@H](C)CCOc1c(-c2nccc(N)n2)c(C)nn1C. The summed E-state index contributed by atoms with van der Waals surface area (Å²) in [4.78, 5) is 24.4. The number of anilines is 1. The fourth-order valence-electron chi connectivity index (χ4n) is 2.92. The zero-order chi connectivity index (χ0) is 22.5. The molecule has 0 amide bonds. The minimum atomic E-state index is -0.556. The zero-order valence-electron chi connectivity index (χ0n) is 17.6. The lowest BCUT2D eigenvalue weighted by Gasteiger charge is -2.17. The van der Waals surface area contributed by atoms with E-state index in [2.05, 4.69) is 20.1 Å². The summed E-state index contributed by atoms with van der Waals surface area (Å²) in [6.07, 6.45) is 3.14. The zero-order valence-corrected chi connectivity index (χ0v) is 18.4. The molecule has 0 aliphatic carbocycles. The first kappa shape index (κ1) is 22.3. The van der Waals surface area contributed by atoms with Crippen molar-refractivity contribution >= 4 is 23.4 Å². The summed E-state index contributed by atoms with van der Waals surface area (Å²) >= 11 is 5.94. The third kappa shape index (κ3) is 5.21. The van der Waals surface area contributed by atoms with Crippen LogP contribution in [0, 0.1) is 6.92 Å². The Morgan fingerprint density at radius 3 is 2.84 bits per heavy atom. The number of carbonyl (C=O) groups is 1. The lowest BCUT2D eigenvalue weighted by atomic mass is 10.2. The molecule has 0 aliphatic heterocycles. The summed E-state index contributed by atoms with van der Waals surface area (Å²) in [5.74, 6) is 1.07. The lowest BCUT2D eigenvalue weighted by Crippen LogP contribution is -2.18. The molecule has 3 aromatic rings. The van der Waals surface area contributed by atoms with Gasteiger partial charge in [0.1, 0.15) is 27.8 Å². The van der Waals surface area contributed by atoms with Gasteiger partial charge in [0.2, 0.25) is 5.88 Å². The molecule has 0 spiro atoms. The Labute approximate surface area is 184 Å². The van der Waals surface area contributed by atoms with Gasteiger partial charge in [-0.3, -0.25) is 0 Å². The number of halogens is 1. The number of nitrogens with zero attached hydrogens (tertiary/aromatic N) is 5. The van der Waals surface area contributed by atoms with Gasteiger partial charge in [-0.1, -0.05) is 11.6 Å². The van der Waals surface area contributed by atoms with E-state index in [0.29, 0.717) is 41.9 Å². The minimum absolute atomic E-state index is 0.197. The van der Waals surface area contributed by atoms with E-state index < -0.39 is 5.97 Å². The molecule has 3 heterocycles. The summed E-state index contributed by atoms with van der Waals surface area (Å²) in [7, 11) is 3.06. The number of nitrogen functional groups attached to an aromatic ring is 1. The number of hydrogen-bond donors (Lipinski definition) is 1. The quantitative estimate of drug-likeness (QED) is 0.410. The predicted octanol–water partition coefficient (Wildman–Crippen LogP) is 2.84. The van der Waals surface area contributed by atoms with E-state index in [4.69, 9.17) is 31.5 Å². The second-order valence-electron chi connectivity index (χ2n) is 6.75. The number of aryl methyl sites for hydroxylation is 2. The maximum absolute atomic E-state index is 11.9. The molecule has 3 rings (SSSR count). The highest BCUT2D eigenvalue weighted by atomic mass is 35.5. The van der Waals surface area contributed by atoms with Gasteiger partial charge in [-0.2, -0.15) is 5.10 Å². The van der Waals surface area contributed by atoms with Crippen molar-refractivity contribution in [3.8, 4) is 23.0 Å². The van der Waals surface area contributed by atoms with Crippen LogP contribution in [0.2, 0.25) is 5.15 Å². The summed E-state index contributed by atoms with van der Waals surface area (Å²) in [6.45, 7) is 4.03. The Morgan fingerprint density at radius 2 is 2.13 bits per heavy atom. The monoisotopic (exact) mass is 446 g/mol. The Kier molecular flexibility index (Phi) is 6.91. The maximum Gasteiger partial charge on any atom is 0.343 e. The molecule has 0 saturated carbocycles. The summed E-state index contributed by atoms with van der Waals surface area (Å²) in [5.41, 5.74) is 7.39. The van der Waals surface area contributed by atoms with Crippen molar-refractivity contribution in [3.05, 3.63) is 40.9 Å². The van der Waals surface area contributed by atoms with E-state index >= 15 is 0 Å². The summed E-state index contributed by atoms with van der Waals surface area (Å²) in [6, 6.07) is 3.09. The van der Waals surface area contributed by atoms with Crippen molar-refractivity contribution in [1.29, 1.82) is 0 Å². The molecule has 3 aromatic heterocycles. The van der Waals surface area contributed by atoms with Crippen LogP contribution in [0.3, 0.4) is 0 Å². The van der Waals surface area contributed by atoms with Gasteiger partial charge >= 0.3 is 5.97 Å². The topological polar surface area (TPSA) is 127 Å². The molecule has 0 saturated heterocycles. The van der Waals surface area contributed by atoms with Gasteiger partial charge in [-0.15, -0.1) is 0 Å². The van der Waals surface area contributed by atoms with Crippen molar-refractivity contribution in [2.75, 3.05) is 19.5 Å². The van der Waals surface area contributed by atoms with Gasteiger partial charge < -0.3 is 19.9 Å². The number of ether oxygens (including phenoxy) is 3. The minimum Gasteiger partial charge on any atom is -0.490 e. The first-order valence-corrected chi connectivity index (χ1v) is 9.83. The fraction of sp³-hybridized carbons (Fsp3) is 0.350. The molecule has 0 bridgehead atoms. The smallest absolute Gasteiger partial charge is 0.343 e. The Balaban J connectivity index is 1.69. The Morgan fingerprint density at radius 1 is 1.35 bits per heavy atom. The van der Waals surface area contributed by atoms with Gasteiger partial charge in [0.05, 0.1) is 25.5 Å². The molecule has 0 aliphatic rings. The third-order valence-corrected chi connectivity index (χ3v) is 4.61. The average Bonchev–Trinajstić information content (AvgIpc) is 3.00. The lowest BCUT2D eigenvalue weighted by molar-refractivity contribution is 0.0592. The molecule has 164 valence electrons. The first-order chi connectivity index (χ1) is 14.8. The molecular formula is C20H23ClN6O4. The largest absolute Gasteiger partial charge is 0.490 e. The first-order valence-electron chi connectivity index (χ1n) is 9.46. The van der Waals surface area contributed by atoms with Crippen molar-refractivity contribution in [2.45, 2.75) is 26.4 Å². The van der Waals surface area contributed by atoms with E-state index in [1.54, 1.807) is 24.0 Å². The standard InChI is InChI=1S/C20H23ClN6O4/c1-11(31-14-9-15(21)24-10-13(14)20(28)29-4)6-8-30-19-17(12(2)26-27(19)3)18-23-7-5-16(22)25-18/h5,7,9-11H,6,8H2,1-4H3,(H2,22,23,25)/t11-/m0/s1. The molecule has 2 N–H and O–H groups in total. The molecule has 1 atom stereocenters. The van der Waals surface area contributed by atoms with Crippen LogP contribution < -0.4 is 15.2 Å². The highest BCUT2D eigenvalue weighted by molar-refractivity contribution is 6.29. The number of aromatic nitrogens is 5. The van der Waals surface area contributed by atoms with Crippen LogP contribution in [0.25, 0.3) is 11.4 Å². The van der Waals surface area contributed by atoms with Crippen molar-refractivity contribution < 1.29 is 19.0 Å². The summed E-state index contributed by atoms with van der Waals surface area (Å²) in [5, 5.41) is 4.61. The number of hydrogen-bond acceptors (Lipinski definition) is 9. The predicted molar refractivity (Wildman–Crippen MR) is 114 cm³/mol. The molecule has 10 nitrogen and oxygen atoms in total. The second-order valence-corrected chi connectivity index (χ2v) is 7.14. The van der Waals surface area contributed by atoms with E-state index in [1.807, 2.05) is 13.8 Å². The van der Waals surface area contributed by atoms with E-state index in [-0.39, 0.29) is 16.8 Å². The number of methoxy groups -OCH3 is 1. The molecule has 0 aromatic carbocycles. The van der Waals surface area contributed by atoms with Crippen LogP contribution in [0.15, 0.2) is 24.5 Å². The Bertz CT molecular complexity index is 1090. The number of carbonyl (C=O) groups excluding carboxylic acids is 1. The number of rotatable bonds is 8. The van der Waals surface area contributed by atoms with Gasteiger partial charge in [-0.25, -0.2) is 24.4 Å². The molecule has 0 fully saturated rings. The van der Waals surface area contributed by atoms with Crippen LogP contribution >= 0.6 is 11.6 Å². The normalized spacial score (nSPS) is 11.8. The van der Waals surface area contributed by atoms with Gasteiger partial charge in [0.25, 0.3) is 0 Å². The number of esters is 1. The van der Waals surface area contributed by atoms with Gasteiger partial charge in [0, 0.05) is 31.9 Å². The molecule has 31 heavy (non-hydrogen) atoms. The van der Waals surface area contributed by atoms with Crippen LogP contribution in [-0.2, 0) is 11.8 Å². The van der Waals surface area contributed by atoms with Gasteiger partial charge in [-0.05, 0) is 19.9 Å². The average molecular weight is 447 g/mol. The number of pyridine rings is 1. The van der Waals surface area contributed by atoms with E-state index in [9.17, 15) is 4.79 Å². The van der Waals surface area contributed by atoms with Crippen molar-refractivity contribution in [2.24, 2.45) is 7.05 Å². The van der Waals surface area contributed by atoms with Crippen molar-refractivity contribution in [1.82, 2.24) is 24.7 Å². The summed E-state index contributed by atoms with van der Waals surface area (Å²) < 4.78 is 18.3. The second kappa shape index (κ2) is 9.61. The highest BCUT2D eigenvalue weighted by Gasteiger charge is 2.20. The van der Waals surface area contributed by atoms with Crippen LogP contribution in [0.5, 0.6) is 11.6 Å². The third-order valence-electron chi connectivity index (χ3n) is 4.40. The van der Waals surface area contributed by atoms with Crippen LogP contribution in [0.4, 0.5) is 5.82 Å². The fourth-order valence-corrected chi connectivity index (χ4v) is 3.07. The van der Waals surface area contributed by atoms with Crippen LogP contribution in [-0.4, -0.2) is 50.5 Å². The maximum atomic E-state index is 11.9. The molecule has 0 radical (unpaired) electrons. The van der Waals surface area contributed by atoms with Gasteiger partial charge in [0.15, 0.2) is 5.82 Å². The molecule has 11 heteroatoms. The molecule has 0 unspecified atom stereocenters. The van der Waals surface area contributed by atoms with Crippen molar-refractivity contribution in [3.63, 3.8) is 0 Å². The Hall–Kier alpha value is -3.40. The van der Waals surface area contributed by atoms with E-state index in [0.717, 1.165) is 5.69 Å². The van der Waals surface area contributed by atoms with E-state index in [1.165, 1.54) is 19.4 Å². The number of nitrogens with two attached hydrogens (primary N) is 1.